The first kappa shape index (κ1) is 21.0. The number of hydrogen-bond donors (Lipinski definition) is 2. The lowest BCUT2D eigenvalue weighted by Crippen LogP contribution is -2.55. The van der Waals surface area contributed by atoms with Crippen molar-refractivity contribution in [3.63, 3.8) is 0 Å². The number of piperidine rings is 1. The van der Waals surface area contributed by atoms with Gasteiger partial charge in [0.25, 0.3) is 0 Å². The van der Waals surface area contributed by atoms with Gasteiger partial charge in [0.05, 0.1) is 5.54 Å². The average molecular weight is 340 g/mol. The number of rotatable bonds is 4. The molecule has 0 radical (unpaired) electrons. The van der Waals surface area contributed by atoms with Gasteiger partial charge in [0, 0.05) is 19.1 Å². The van der Waals surface area contributed by atoms with E-state index in [1.54, 1.807) is 0 Å². The zero-order valence-corrected chi connectivity index (χ0v) is 14.9. The molecule has 4 nitrogen and oxygen atoms in total. The predicted octanol–water partition coefficient (Wildman–Crippen LogP) is 2.34. The molecule has 1 amide bonds. The maximum atomic E-state index is 12.2. The molecule has 3 N–H and O–H groups in total. The smallest absolute Gasteiger partial charge is 0.240 e. The van der Waals surface area contributed by atoms with Crippen molar-refractivity contribution in [2.45, 2.75) is 64.0 Å². The van der Waals surface area contributed by atoms with Crippen LogP contribution >= 0.6 is 24.8 Å². The first-order chi connectivity index (χ1) is 9.01. The Balaban J connectivity index is 0.00000200. The number of nitrogens with two attached hydrogens (primary N) is 1. The Labute approximate surface area is 141 Å². The third-order valence-electron chi connectivity index (χ3n) is 4.82. The van der Waals surface area contributed by atoms with Crippen molar-refractivity contribution in [1.82, 2.24) is 10.2 Å². The summed E-state index contributed by atoms with van der Waals surface area (Å²) in [4.78, 5) is 14.7. The first-order valence-corrected chi connectivity index (χ1v) is 7.82. The van der Waals surface area contributed by atoms with E-state index in [1.165, 1.54) is 12.8 Å². The number of amides is 1. The lowest BCUT2D eigenvalue weighted by molar-refractivity contribution is -0.126. The van der Waals surface area contributed by atoms with Crippen molar-refractivity contribution in [3.8, 4) is 0 Å². The molecule has 2 rings (SSSR count). The number of likely N-dealkylation sites (tertiary alicyclic amines) is 1. The normalized spacial score (nSPS) is 26.3. The molecular formula is C15H31Cl2N3O. The first-order valence-electron chi connectivity index (χ1n) is 7.82. The number of carbonyl (C=O) groups is 1. The van der Waals surface area contributed by atoms with E-state index in [4.69, 9.17) is 5.73 Å². The molecule has 21 heavy (non-hydrogen) atoms. The quantitative estimate of drug-likeness (QED) is 0.826. The van der Waals surface area contributed by atoms with Crippen LogP contribution in [0.15, 0.2) is 0 Å². The number of nitrogens with one attached hydrogen (secondary N) is 1. The highest BCUT2D eigenvalue weighted by molar-refractivity contribution is 5.86. The van der Waals surface area contributed by atoms with Crippen molar-refractivity contribution in [3.05, 3.63) is 0 Å². The highest BCUT2D eigenvalue weighted by Crippen LogP contribution is 2.27. The minimum Gasteiger partial charge on any atom is -0.353 e. The molecule has 1 aliphatic carbocycles. The molecule has 1 heterocycles. The Morgan fingerprint density at radius 2 is 1.95 bits per heavy atom. The molecule has 2 unspecified atom stereocenters. The fraction of sp³-hybridized carbons (Fsp3) is 0.933. The van der Waals surface area contributed by atoms with Gasteiger partial charge in [-0.25, -0.2) is 0 Å². The number of hydrogen-bond acceptors (Lipinski definition) is 3. The third-order valence-corrected chi connectivity index (χ3v) is 4.82. The minimum atomic E-state index is -0.588. The Kier molecular flexibility index (Phi) is 9.17. The van der Waals surface area contributed by atoms with E-state index in [0.29, 0.717) is 6.04 Å². The molecule has 2 aliphatic rings. The third kappa shape index (κ3) is 5.59. The van der Waals surface area contributed by atoms with Gasteiger partial charge in [-0.2, -0.15) is 0 Å². The molecule has 1 saturated carbocycles. The molecule has 0 aromatic rings. The Morgan fingerprint density at radius 1 is 1.33 bits per heavy atom. The second-order valence-corrected chi connectivity index (χ2v) is 6.66. The Morgan fingerprint density at radius 3 is 2.52 bits per heavy atom. The summed E-state index contributed by atoms with van der Waals surface area (Å²) in [5.41, 5.74) is 5.58. The maximum absolute atomic E-state index is 12.2. The second kappa shape index (κ2) is 9.19. The zero-order chi connectivity index (χ0) is 13.9. The highest BCUT2D eigenvalue weighted by Gasteiger charge is 2.37. The molecule has 0 spiro atoms. The van der Waals surface area contributed by atoms with Crippen molar-refractivity contribution in [2.24, 2.45) is 11.7 Å². The van der Waals surface area contributed by atoms with Gasteiger partial charge in [-0.3, -0.25) is 9.69 Å². The lowest BCUT2D eigenvalue weighted by atomic mass is 9.97. The number of nitrogens with zero attached hydrogens (tertiary/aromatic N) is 1. The van der Waals surface area contributed by atoms with E-state index >= 15 is 0 Å². The summed E-state index contributed by atoms with van der Waals surface area (Å²) in [5, 5.41) is 3.07. The number of carbonyl (C=O) groups excluding carboxylic acids is 1. The monoisotopic (exact) mass is 339 g/mol. The molecule has 126 valence electrons. The van der Waals surface area contributed by atoms with Crippen molar-refractivity contribution < 1.29 is 4.79 Å². The average Bonchev–Trinajstić information content (AvgIpc) is 2.84. The van der Waals surface area contributed by atoms with Crippen molar-refractivity contribution in [1.29, 1.82) is 0 Å². The van der Waals surface area contributed by atoms with Gasteiger partial charge in [0.1, 0.15) is 0 Å². The predicted molar refractivity (Wildman–Crippen MR) is 92.3 cm³/mol. The zero-order valence-electron chi connectivity index (χ0n) is 13.3. The summed E-state index contributed by atoms with van der Waals surface area (Å²) in [6.45, 7) is 7.56. The molecule has 2 fully saturated rings. The van der Waals surface area contributed by atoms with Crippen LogP contribution in [0.1, 0.15) is 52.4 Å². The summed E-state index contributed by atoms with van der Waals surface area (Å²) >= 11 is 0. The van der Waals surface area contributed by atoms with Gasteiger partial charge in [-0.05, 0) is 45.1 Å². The molecule has 0 bridgehead atoms. The molecule has 2 atom stereocenters. The van der Waals surface area contributed by atoms with Gasteiger partial charge in [0.2, 0.25) is 5.91 Å². The van der Waals surface area contributed by atoms with Crippen LogP contribution in [0.3, 0.4) is 0 Å². The maximum Gasteiger partial charge on any atom is 0.240 e. The van der Waals surface area contributed by atoms with Crippen LogP contribution in [0, 0.1) is 5.92 Å². The second-order valence-electron chi connectivity index (χ2n) is 6.66. The van der Waals surface area contributed by atoms with Crippen LogP contribution in [0.4, 0.5) is 0 Å². The van der Waals surface area contributed by atoms with Gasteiger partial charge >= 0.3 is 0 Å². The van der Waals surface area contributed by atoms with Gasteiger partial charge in [-0.15, -0.1) is 24.8 Å². The van der Waals surface area contributed by atoms with E-state index in [2.05, 4.69) is 24.1 Å². The summed E-state index contributed by atoms with van der Waals surface area (Å²) < 4.78 is 0. The van der Waals surface area contributed by atoms with E-state index in [0.717, 1.165) is 51.2 Å². The fourth-order valence-corrected chi connectivity index (χ4v) is 3.40. The van der Waals surface area contributed by atoms with Crippen LogP contribution in [0.25, 0.3) is 0 Å². The number of halogens is 2. The minimum absolute atomic E-state index is 0. The molecule has 0 aromatic heterocycles. The van der Waals surface area contributed by atoms with Crippen LogP contribution in [0.2, 0.25) is 0 Å². The topological polar surface area (TPSA) is 58.4 Å². The fourth-order valence-electron chi connectivity index (χ4n) is 3.40. The van der Waals surface area contributed by atoms with Crippen LogP contribution in [-0.2, 0) is 4.79 Å². The van der Waals surface area contributed by atoms with Gasteiger partial charge in [-0.1, -0.05) is 19.8 Å². The van der Waals surface area contributed by atoms with Gasteiger partial charge < -0.3 is 11.1 Å². The van der Waals surface area contributed by atoms with E-state index in [-0.39, 0.29) is 30.7 Å². The molecular weight excluding hydrogens is 309 g/mol. The van der Waals surface area contributed by atoms with Crippen LogP contribution in [-0.4, -0.2) is 42.0 Å². The SMILES string of the molecule is CC1CCCN(C(C)CNC(=O)C2(N)CCCC2)C1.Cl.Cl. The molecule has 6 heteroatoms. The summed E-state index contributed by atoms with van der Waals surface area (Å²) in [6, 6.07) is 0.414. The standard InChI is InChI=1S/C15H29N3O.2ClH/c1-12-6-5-9-18(11-12)13(2)10-17-14(19)15(16)7-3-4-8-15;;/h12-13H,3-11,16H2,1-2H3,(H,17,19);2*1H. The van der Waals surface area contributed by atoms with Crippen LogP contribution < -0.4 is 11.1 Å². The Hall–Kier alpha value is -0.0300. The van der Waals surface area contributed by atoms with Crippen molar-refractivity contribution >= 4 is 30.7 Å². The van der Waals surface area contributed by atoms with Gasteiger partial charge in [0.15, 0.2) is 0 Å². The van der Waals surface area contributed by atoms with Crippen LogP contribution in [0.5, 0.6) is 0 Å². The molecule has 1 aliphatic heterocycles. The summed E-state index contributed by atoms with van der Waals surface area (Å²) in [5.74, 6) is 0.837. The van der Waals surface area contributed by atoms with Crippen molar-refractivity contribution in [2.75, 3.05) is 19.6 Å². The summed E-state index contributed by atoms with van der Waals surface area (Å²) in [7, 11) is 0. The largest absolute Gasteiger partial charge is 0.353 e. The van der Waals surface area contributed by atoms with E-state index < -0.39 is 5.54 Å². The highest BCUT2D eigenvalue weighted by atomic mass is 35.5. The van der Waals surface area contributed by atoms with E-state index in [9.17, 15) is 4.79 Å². The summed E-state index contributed by atoms with van der Waals surface area (Å²) in [6.07, 6.45) is 6.47. The molecule has 0 aromatic carbocycles. The molecule has 1 saturated heterocycles. The Bertz CT molecular complexity index is 322. The van der Waals surface area contributed by atoms with E-state index in [1.807, 2.05) is 0 Å². The lowest BCUT2D eigenvalue weighted by Gasteiger charge is -2.36.